The van der Waals surface area contributed by atoms with E-state index in [-0.39, 0.29) is 28.7 Å². The van der Waals surface area contributed by atoms with Crippen LogP contribution >= 0.6 is 34.2 Å². The van der Waals surface area contributed by atoms with Crippen molar-refractivity contribution in [3.05, 3.63) is 73.9 Å². The molecule has 1 aliphatic rings. The van der Waals surface area contributed by atoms with Gasteiger partial charge in [0.15, 0.2) is 5.69 Å². The first kappa shape index (κ1) is 22.6. The Bertz CT molecular complexity index is 1230. The van der Waals surface area contributed by atoms with Gasteiger partial charge < -0.3 is 10.2 Å². The molecule has 2 aromatic heterocycles. The average molecular weight is 575 g/mol. The van der Waals surface area contributed by atoms with Crippen LogP contribution in [0.4, 0.5) is 14.5 Å². The molecule has 1 aromatic carbocycles. The minimum absolute atomic E-state index is 0.00923. The van der Waals surface area contributed by atoms with Crippen LogP contribution < -0.4 is 15.8 Å². The van der Waals surface area contributed by atoms with E-state index in [4.69, 9.17) is 11.6 Å². The van der Waals surface area contributed by atoms with Gasteiger partial charge in [-0.25, -0.2) is 13.9 Å². The Kier molecular flexibility index (Phi) is 6.47. The zero-order valence-electron chi connectivity index (χ0n) is 16.8. The molecule has 0 fully saturated rings. The molecule has 3 heterocycles. The van der Waals surface area contributed by atoms with Gasteiger partial charge in [0.2, 0.25) is 0 Å². The predicted octanol–water partition coefficient (Wildman–Crippen LogP) is 3.46. The lowest BCUT2D eigenvalue weighted by Crippen LogP contribution is -2.33. The van der Waals surface area contributed by atoms with Crippen molar-refractivity contribution in [1.82, 2.24) is 25.3 Å². The molecule has 0 bridgehead atoms. The zero-order valence-corrected chi connectivity index (χ0v) is 19.7. The van der Waals surface area contributed by atoms with Crippen LogP contribution in [0.2, 0.25) is 5.02 Å². The maximum Gasteiger partial charge on any atom is 0.285 e. The summed E-state index contributed by atoms with van der Waals surface area (Å²) in [6.07, 6.45) is -0.702. The molecule has 3 aromatic rings. The van der Waals surface area contributed by atoms with E-state index in [2.05, 4.69) is 43.2 Å². The summed E-state index contributed by atoms with van der Waals surface area (Å²) in [4.78, 5) is 26.3. The van der Waals surface area contributed by atoms with E-state index in [1.54, 1.807) is 22.9 Å². The third kappa shape index (κ3) is 3.98. The van der Waals surface area contributed by atoms with E-state index in [1.165, 1.54) is 19.3 Å². The number of halogens is 4. The van der Waals surface area contributed by atoms with Crippen molar-refractivity contribution in [2.45, 2.75) is 23.4 Å². The highest BCUT2D eigenvalue weighted by Gasteiger charge is 2.32. The van der Waals surface area contributed by atoms with Crippen molar-refractivity contribution in [3.8, 4) is 0 Å². The Morgan fingerprint density at radius 2 is 2.03 bits per heavy atom. The number of aromatic nitrogens is 4. The van der Waals surface area contributed by atoms with Crippen LogP contribution in [0.5, 0.6) is 0 Å². The van der Waals surface area contributed by atoms with Crippen molar-refractivity contribution in [1.29, 1.82) is 0 Å². The molecule has 1 amide bonds. The fourth-order valence-electron chi connectivity index (χ4n) is 3.79. The number of carbonyl (C=O) groups is 1. The molecule has 0 saturated heterocycles. The third-order valence-electron chi connectivity index (χ3n) is 5.35. The number of rotatable bonds is 5. The van der Waals surface area contributed by atoms with Crippen LogP contribution in [0.1, 0.15) is 43.3 Å². The fraction of sp³-hybridized carbons (Fsp3) is 0.300. The number of aromatic amines is 1. The summed E-state index contributed by atoms with van der Waals surface area (Å²) in [5, 5.41) is 13.2. The van der Waals surface area contributed by atoms with E-state index < -0.39 is 16.0 Å². The molecule has 0 saturated carbocycles. The molecular weight excluding hydrogens is 557 g/mol. The highest BCUT2D eigenvalue weighted by atomic mass is 127. The van der Waals surface area contributed by atoms with Crippen molar-refractivity contribution in [2.75, 3.05) is 18.5 Å². The molecule has 4 rings (SSSR count). The van der Waals surface area contributed by atoms with Crippen molar-refractivity contribution in [3.63, 3.8) is 0 Å². The Labute approximate surface area is 200 Å². The second-order valence-electron chi connectivity index (χ2n) is 7.13. The number of nitrogens with zero attached hydrogens (tertiary/aromatic N) is 4. The van der Waals surface area contributed by atoms with Gasteiger partial charge >= 0.3 is 0 Å². The average Bonchev–Trinajstić information content (AvgIpc) is 3.18. The lowest BCUT2D eigenvalue weighted by Gasteiger charge is -2.30. The molecule has 0 spiro atoms. The van der Waals surface area contributed by atoms with Gasteiger partial charge in [-0.1, -0.05) is 58.5 Å². The van der Waals surface area contributed by atoms with Gasteiger partial charge in [0.1, 0.15) is 9.07 Å². The summed E-state index contributed by atoms with van der Waals surface area (Å²) in [6.45, 7) is 0.749. The van der Waals surface area contributed by atoms with Gasteiger partial charge in [-0.2, -0.15) is 10.2 Å². The summed E-state index contributed by atoms with van der Waals surface area (Å²) in [5.41, 5.74) is 1.94. The molecule has 2 N–H and O–H groups in total. The van der Waals surface area contributed by atoms with Gasteiger partial charge in [0.25, 0.3) is 17.9 Å². The fourth-order valence-corrected chi connectivity index (χ4v) is 5.03. The molecule has 168 valence electrons. The normalized spacial score (nSPS) is 14.4. The molecule has 12 heteroatoms. The number of amides is 1. The van der Waals surface area contributed by atoms with Crippen LogP contribution in [0.15, 0.2) is 35.3 Å². The molecular formula is C20H18ClF2IN6O2. The molecule has 0 unspecified atom stereocenters. The number of hydrogen-bond acceptors (Lipinski definition) is 5. The quantitative estimate of drug-likeness (QED) is 0.360. The van der Waals surface area contributed by atoms with Crippen molar-refractivity contribution in [2.24, 2.45) is 0 Å². The smallest absolute Gasteiger partial charge is 0.285 e. The van der Waals surface area contributed by atoms with Gasteiger partial charge in [0, 0.05) is 43.4 Å². The molecule has 0 aliphatic carbocycles. The number of carbonyl (C=O) groups excluding carboxylic acids is 1. The number of H-pyrrole nitrogens is 1. The zero-order chi connectivity index (χ0) is 23.0. The van der Waals surface area contributed by atoms with E-state index in [0.717, 1.165) is 5.69 Å². The summed E-state index contributed by atoms with van der Waals surface area (Å²) in [6, 6.07) is 6.31. The first-order valence-corrected chi connectivity index (χ1v) is 11.3. The Hall–Kier alpha value is -2.54. The topological polar surface area (TPSA) is 95.9 Å². The maximum absolute atomic E-state index is 13.6. The van der Waals surface area contributed by atoms with Crippen LogP contribution in [0, 0.1) is 0 Å². The molecule has 0 radical (unpaired) electrons. The summed E-state index contributed by atoms with van der Waals surface area (Å²) in [5.74, 6) is -0.386. The first-order valence-electron chi connectivity index (χ1n) is 9.65. The second kappa shape index (κ2) is 9.14. The highest BCUT2D eigenvalue weighted by Crippen LogP contribution is 2.37. The number of nitrogens with one attached hydrogen (secondary N) is 2. The van der Waals surface area contributed by atoms with Gasteiger partial charge in [0.05, 0.1) is 11.9 Å². The first-order chi connectivity index (χ1) is 15.3. The number of hydrogen-bond donors (Lipinski definition) is 2. The minimum atomic E-state index is -2.63. The Morgan fingerprint density at radius 1 is 1.31 bits per heavy atom. The van der Waals surface area contributed by atoms with Crippen LogP contribution in [-0.2, 0) is 13.0 Å². The van der Waals surface area contributed by atoms with Crippen LogP contribution in [-0.4, -0.2) is 39.5 Å². The number of benzene rings is 1. The summed E-state index contributed by atoms with van der Waals surface area (Å²) >= 11 is 8.23. The standard InChI is InChI=1S/C20H18ClF2IN6O2/c1-25-20(32)16-12-9-29(14-8-26-27-19(31)15(14)21)7-6-13(12)30(28-16)18(24)11-5-3-2-4-10(11)17(22)23/h2-5,8,17-18H,6-7,9H2,1H3,(H,25,32)(H,27,31)/t18-/m1/s1. The van der Waals surface area contributed by atoms with Crippen LogP contribution in [0.3, 0.4) is 0 Å². The van der Waals surface area contributed by atoms with Gasteiger partial charge in [-0.15, -0.1) is 0 Å². The van der Waals surface area contributed by atoms with Crippen molar-refractivity contribution < 1.29 is 13.6 Å². The number of fused-ring (bicyclic) bond motifs is 1. The minimum Gasteiger partial charge on any atom is -0.364 e. The monoisotopic (exact) mass is 574 g/mol. The van der Waals surface area contributed by atoms with Gasteiger partial charge in [-0.3, -0.25) is 14.3 Å². The molecule has 8 nitrogen and oxygen atoms in total. The van der Waals surface area contributed by atoms with Crippen LogP contribution in [0.25, 0.3) is 0 Å². The van der Waals surface area contributed by atoms with E-state index in [1.807, 2.05) is 4.90 Å². The lowest BCUT2D eigenvalue weighted by molar-refractivity contribution is 0.0956. The maximum atomic E-state index is 13.6. The molecule has 1 aliphatic heterocycles. The SMILES string of the molecule is CNC(=O)c1nn([C@@H](I)c2ccccc2C(F)F)c2c1CN(c1cn[nH]c(=O)c1Cl)CC2. The number of anilines is 1. The lowest BCUT2D eigenvalue weighted by atomic mass is 10.0. The predicted molar refractivity (Wildman–Crippen MR) is 124 cm³/mol. The second-order valence-corrected chi connectivity index (χ2v) is 8.69. The largest absolute Gasteiger partial charge is 0.364 e. The van der Waals surface area contributed by atoms with Gasteiger partial charge in [-0.05, 0) is 5.56 Å². The molecule has 1 atom stereocenters. The third-order valence-corrected chi connectivity index (χ3v) is 6.91. The van der Waals surface area contributed by atoms with E-state index >= 15 is 0 Å². The number of alkyl halides is 3. The molecule has 32 heavy (non-hydrogen) atoms. The summed E-state index contributed by atoms with van der Waals surface area (Å²) < 4.78 is 28.3. The van der Waals surface area contributed by atoms with E-state index in [0.29, 0.717) is 29.8 Å². The van der Waals surface area contributed by atoms with E-state index in [9.17, 15) is 18.4 Å². The Morgan fingerprint density at radius 3 is 2.72 bits per heavy atom. The van der Waals surface area contributed by atoms with Crippen molar-refractivity contribution >= 4 is 45.8 Å². The highest BCUT2D eigenvalue weighted by molar-refractivity contribution is 14.1. The Balaban J connectivity index is 1.79. The summed E-state index contributed by atoms with van der Waals surface area (Å²) in [7, 11) is 1.50.